The van der Waals surface area contributed by atoms with Gasteiger partial charge in [0, 0.05) is 6.54 Å². The topological polar surface area (TPSA) is 49.0 Å². The summed E-state index contributed by atoms with van der Waals surface area (Å²) in [6.07, 6.45) is 3.51. The first-order chi connectivity index (χ1) is 13.1. The predicted octanol–water partition coefficient (Wildman–Crippen LogP) is 3.99. The highest BCUT2D eigenvalue weighted by molar-refractivity contribution is 5.76. The Morgan fingerprint density at radius 2 is 1.78 bits per heavy atom. The van der Waals surface area contributed by atoms with Gasteiger partial charge in [-0.3, -0.25) is 9.69 Å². The molecule has 0 saturated carbocycles. The minimum absolute atomic E-state index is 0.0582. The number of hydrogen-bond donors (Lipinski definition) is 1. The quantitative estimate of drug-likeness (QED) is 0.764. The molecule has 0 amide bonds. The molecular weight excluding hydrogens is 334 g/mol. The van der Waals surface area contributed by atoms with Crippen LogP contribution in [0.5, 0.6) is 0 Å². The fourth-order valence-electron chi connectivity index (χ4n) is 4.00. The van der Waals surface area contributed by atoms with E-state index in [1.165, 1.54) is 29.5 Å². The van der Waals surface area contributed by atoms with E-state index in [1.54, 1.807) is 0 Å². The van der Waals surface area contributed by atoms with E-state index in [0.29, 0.717) is 12.2 Å². The van der Waals surface area contributed by atoms with Crippen molar-refractivity contribution in [3.63, 3.8) is 0 Å². The van der Waals surface area contributed by atoms with E-state index in [9.17, 15) is 4.79 Å². The molecule has 140 valence electrons. The van der Waals surface area contributed by atoms with E-state index in [1.807, 2.05) is 6.07 Å². The van der Waals surface area contributed by atoms with Crippen LogP contribution in [0.25, 0.3) is 11.0 Å². The van der Waals surface area contributed by atoms with Crippen LogP contribution in [0.15, 0.2) is 47.3 Å². The number of aromatic amines is 1. The lowest BCUT2D eigenvalue weighted by Crippen LogP contribution is -2.36. The summed E-state index contributed by atoms with van der Waals surface area (Å²) in [6, 6.07) is 14.8. The van der Waals surface area contributed by atoms with Crippen molar-refractivity contribution in [1.29, 1.82) is 0 Å². The number of fused-ring (bicyclic) bond motifs is 1. The number of likely N-dealkylation sites (tertiary alicyclic amines) is 1. The first kappa shape index (κ1) is 17.9. The number of H-pyrrole nitrogens is 1. The second-order valence-electron chi connectivity index (χ2n) is 7.88. The number of benzene rings is 2. The highest BCUT2D eigenvalue weighted by Crippen LogP contribution is 2.22. The number of hydrogen-bond acceptors (Lipinski definition) is 3. The van der Waals surface area contributed by atoms with Crippen molar-refractivity contribution in [1.82, 2.24) is 14.9 Å². The smallest absolute Gasteiger partial charge is 0.271 e. The van der Waals surface area contributed by atoms with Gasteiger partial charge in [0.05, 0.1) is 11.0 Å². The van der Waals surface area contributed by atoms with Gasteiger partial charge in [0.15, 0.2) is 0 Å². The lowest BCUT2D eigenvalue weighted by molar-refractivity contribution is 0.175. The van der Waals surface area contributed by atoms with Crippen molar-refractivity contribution < 1.29 is 0 Å². The second kappa shape index (κ2) is 7.65. The molecule has 0 bridgehead atoms. The van der Waals surface area contributed by atoms with Crippen LogP contribution < -0.4 is 5.56 Å². The lowest BCUT2D eigenvalue weighted by atomic mass is 9.90. The molecule has 4 heteroatoms. The van der Waals surface area contributed by atoms with Gasteiger partial charge >= 0.3 is 0 Å². The minimum atomic E-state index is -0.0582. The van der Waals surface area contributed by atoms with Gasteiger partial charge in [-0.2, -0.15) is 0 Å². The van der Waals surface area contributed by atoms with Crippen molar-refractivity contribution in [3.8, 4) is 0 Å². The van der Waals surface area contributed by atoms with Crippen LogP contribution in [-0.2, 0) is 13.0 Å². The Kier molecular flexibility index (Phi) is 5.08. The largest absolute Gasteiger partial charge is 0.319 e. The molecule has 3 aromatic rings. The van der Waals surface area contributed by atoms with Crippen molar-refractivity contribution in [2.45, 2.75) is 39.7 Å². The number of piperidine rings is 1. The Morgan fingerprint density at radius 1 is 1.07 bits per heavy atom. The van der Waals surface area contributed by atoms with Crippen molar-refractivity contribution in [3.05, 3.63) is 75.2 Å². The summed E-state index contributed by atoms with van der Waals surface area (Å²) in [5, 5.41) is 0. The molecule has 0 radical (unpaired) electrons. The SMILES string of the molecule is Cc1cc2nc(CN3CCC(Cc4ccccc4)CC3)c(=O)[nH]c2cc1C. The van der Waals surface area contributed by atoms with Crippen molar-refractivity contribution in [2.75, 3.05) is 13.1 Å². The number of nitrogens with one attached hydrogen (secondary N) is 1. The number of aromatic nitrogens is 2. The minimum Gasteiger partial charge on any atom is -0.319 e. The molecule has 27 heavy (non-hydrogen) atoms. The molecule has 0 spiro atoms. The van der Waals surface area contributed by atoms with Crippen molar-refractivity contribution >= 4 is 11.0 Å². The average Bonchev–Trinajstić information content (AvgIpc) is 2.66. The fourth-order valence-corrected chi connectivity index (χ4v) is 4.00. The van der Waals surface area contributed by atoms with Gasteiger partial charge in [-0.05, 0) is 80.9 Å². The van der Waals surface area contributed by atoms with Crippen LogP contribution in [-0.4, -0.2) is 28.0 Å². The molecule has 1 aliphatic heterocycles. The Bertz CT molecular complexity index is 986. The van der Waals surface area contributed by atoms with Crippen LogP contribution in [0.2, 0.25) is 0 Å². The van der Waals surface area contributed by atoms with Gasteiger partial charge < -0.3 is 4.98 Å². The van der Waals surface area contributed by atoms with E-state index >= 15 is 0 Å². The molecule has 0 atom stereocenters. The molecule has 1 N–H and O–H groups in total. The molecule has 2 aromatic carbocycles. The Balaban J connectivity index is 1.42. The normalized spacial score (nSPS) is 16.1. The molecule has 0 aliphatic carbocycles. The lowest BCUT2D eigenvalue weighted by Gasteiger charge is -2.31. The van der Waals surface area contributed by atoms with Crippen LogP contribution >= 0.6 is 0 Å². The molecule has 2 heterocycles. The van der Waals surface area contributed by atoms with E-state index in [2.05, 4.69) is 65.1 Å². The van der Waals surface area contributed by atoms with Crippen LogP contribution in [0.4, 0.5) is 0 Å². The monoisotopic (exact) mass is 361 g/mol. The van der Waals surface area contributed by atoms with Gasteiger partial charge in [0.2, 0.25) is 0 Å². The maximum absolute atomic E-state index is 12.5. The Labute approximate surface area is 160 Å². The molecule has 1 fully saturated rings. The van der Waals surface area contributed by atoms with Gasteiger partial charge in [-0.25, -0.2) is 4.98 Å². The summed E-state index contributed by atoms with van der Waals surface area (Å²) < 4.78 is 0. The zero-order chi connectivity index (χ0) is 18.8. The first-order valence-electron chi connectivity index (χ1n) is 9.85. The molecule has 1 saturated heterocycles. The summed E-state index contributed by atoms with van der Waals surface area (Å²) in [5.74, 6) is 0.733. The Morgan fingerprint density at radius 3 is 2.52 bits per heavy atom. The number of aryl methyl sites for hydroxylation is 2. The number of rotatable bonds is 4. The second-order valence-corrected chi connectivity index (χ2v) is 7.88. The van der Waals surface area contributed by atoms with E-state index < -0.39 is 0 Å². The molecule has 4 nitrogen and oxygen atoms in total. The highest BCUT2D eigenvalue weighted by atomic mass is 16.1. The van der Waals surface area contributed by atoms with Gasteiger partial charge in [-0.15, -0.1) is 0 Å². The molecule has 4 rings (SSSR count). The van der Waals surface area contributed by atoms with Gasteiger partial charge in [0.25, 0.3) is 5.56 Å². The third kappa shape index (κ3) is 4.11. The van der Waals surface area contributed by atoms with E-state index in [-0.39, 0.29) is 5.56 Å². The van der Waals surface area contributed by atoms with Crippen LogP contribution in [0, 0.1) is 19.8 Å². The molecular formula is C23H27N3O. The van der Waals surface area contributed by atoms with Crippen LogP contribution in [0.1, 0.15) is 35.2 Å². The zero-order valence-corrected chi connectivity index (χ0v) is 16.2. The first-order valence-corrected chi connectivity index (χ1v) is 9.85. The molecule has 1 aliphatic rings. The number of nitrogens with zero attached hydrogens (tertiary/aromatic N) is 2. The predicted molar refractivity (Wildman–Crippen MR) is 110 cm³/mol. The van der Waals surface area contributed by atoms with Gasteiger partial charge in [0.1, 0.15) is 5.69 Å². The highest BCUT2D eigenvalue weighted by Gasteiger charge is 2.21. The summed E-state index contributed by atoms with van der Waals surface area (Å²) in [7, 11) is 0. The average molecular weight is 361 g/mol. The summed E-state index contributed by atoms with van der Waals surface area (Å²) in [6.45, 7) is 6.84. The summed E-state index contributed by atoms with van der Waals surface area (Å²) in [4.78, 5) is 22.5. The zero-order valence-electron chi connectivity index (χ0n) is 16.2. The molecule has 0 unspecified atom stereocenters. The third-order valence-electron chi connectivity index (χ3n) is 5.83. The van der Waals surface area contributed by atoms with Gasteiger partial charge in [-0.1, -0.05) is 30.3 Å². The maximum Gasteiger partial charge on any atom is 0.271 e. The van der Waals surface area contributed by atoms with E-state index in [4.69, 9.17) is 0 Å². The Hall–Kier alpha value is -2.46. The third-order valence-corrected chi connectivity index (χ3v) is 5.83. The molecule has 1 aromatic heterocycles. The van der Waals surface area contributed by atoms with E-state index in [0.717, 1.165) is 36.5 Å². The maximum atomic E-state index is 12.5. The standard InChI is InChI=1S/C23H27N3O/c1-16-12-20-21(13-17(16)2)25-23(27)22(24-20)15-26-10-8-19(9-11-26)14-18-6-4-3-5-7-18/h3-7,12-13,19H,8-11,14-15H2,1-2H3,(H,25,27). The summed E-state index contributed by atoms with van der Waals surface area (Å²) >= 11 is 0. The fraction of sp³-hybridized carbons (Fsp3) is 0.391. The van der Waals surface area contributed by atoms with Crippen LogP contribution in [0.3, 0.4) is 0 Å². The van der Waals surface area contributed by atoms with Crippen molar-refractivity contribution in [2.24, 2.45) is 5.92 Å². The summed E-state index contributed by atoms with van der Waals surface area (Å²) in [5.41, 5.74) is 6.08.